The van der Waals surface area contributed by atoms with Gasteiger partial charge in [-0.2, -0.15) is 0 Å². The van der Waals surface area contributed by atoms with Gasteiger partial charge in [0.15, 0.2) is 0 Å². The Hall–Kier alpha value is -0.730. The van der Waals surface area contributed by atoms with Crippen molar-refractivity contribution < 1.29 is 5.11 Å². The fourth-order valence-electron chi connectivity index (χ4n) is 1.94. The van der Waals surface area contributed by atoms with E-state index in [2.05, 4.69) is 5.32 Å². The van der Waals surface area contributed by atoms with Gasteiger partial charge in [0.1, 0.15) is 0 Å². The molecule has 2 rings (SSSR count). The predicted octanol–water partition coefficient (Wildman–Crippen LogP) is 2.62. The lowest BCUT2D eigenvalue weighted by Gasteiger charge is -2.25. The minimum Gasteiger partial charge on any atom is -0.390 e. The largest absolute Gasteiger partial charge is 0.390 e. The molecule has 2 nitrogen and oxygen atoms in total. The highest BCUT2D eigenvalue weighted by atomic mass is 35.5. The Morgan fingerprint density at radius 1 is 1.50 bits per heavy atom. The second-order valence-electron chi connectivity index (χ2n) is 4.32. The Kier molecular flexibility index (Phi) is 2.20. The molecule has 0 saturated heterocycles. The molecule has 1 unspecified atom stereocenters. The van der Waals surface area contributed by atoms with Gasteiger partial charge in [0.05, 0.1) is 5.60 Å². The topological polar surface area (TPSA) is 32.3 Å². The molecule has 0 saturated carbocycles. The number of benzene rings is 1. The summed E-state index contributed by atoms with van der Waals surface area (Å²) in [5, 5.41) is 14.0. The maximum absolute atomic E-state index is 9.97. The number of hydrogen-bond acceptors (Lipinski definition) is 2. The molecular weight excluding hydrogens is 198 g/mol. The first-order valence-corrected chi connectivity index (χ1v) is 5.12. The lowest BCUT2D eigenvalue weighted by Crippen LogP contribution is -2.30. The van der Waals surface area contributed by atoms with E-state index >= 15 is 0 Å². The summed E-state index contributed by atoms with van der Waals surface area (Å²) in [6, 6.07) is 5.75. The lowest BCUT2D eigenvalue weighted by molar-refractivity contribution is 0.0562. The Bertz CT molecular complexity index is 357. The molecule has 0 aliphatic carbocycles. The van der Waals surface area contributed by atoms with Gasteiger partial charge in [0, 0.05) is 23.2 Å². The zero-order valence-electron chi connectivity index (χ0n) is 8.34. The molecule has 0 radical (unpaired) electrons. The second-order valence-corrected chi connectivity index (χ2v) is 4.76. The molecule has 1 aromatic carbocycles. The summed E-state index contributed by atoms with van der Waals surface area (Å²) < 4.78 is 0. The molecule has 1 aromatic rings. The van der Waals surface area contributed by atoms with Crippen molar-refractivity contribution in [2.75, 3.05) is 11.9 Å². The van der Waals surface area contributed by atoms with Crippen molar-refractivity contribution in [1.29, 1.82) is 0 Å². The first-order chi connectivity index (χ1) is 6.48. The molecule has 1 aliphatic heterocycles. The van der Waals surface area contributed by atoms with Crippen molar-refractivity contribution in [1.82, 2.24) is 0 Å². The van der Waals surface area contributed by atoms with Crippen LogP contribution in [0.25, 0.3) is 0 Å². The van der Waals surface area contributed by atoms with Crippen LogP contribution in [0.4, 0.5) is 5.69 Å². The van der Waals surface area contributed by atoms with Crippen molar-refractivity contribution in [3.63, 3.8) is 0 Å². The van der Waals surface area contributed by atoms with E-state index in [1.807, 2.05) is 32.0 Å². The van der Waals surface area contributed by atoms with Crippen molar-refractivity contribution in [2.24, 2.45) is 0 Å². The summed E-state index contributed by atoms with van der Waals surface area (Å²) in [6.45, 7) is 4.43. The molecule has 0 aromatic heterocycles. The molecule has 0 spiro atoms. The van der Waals surface area contributed by atoms with Crippen LogP contribution < -0.4 is 5.32 Å². The molecule has 0 bridgehead atoms. The highest BCUT2D eigenvalue weighted by Gasteiger charge is 2.33. The number of rotatable bonds is 1. The maximum atomic E-state index is 9.97. The van der Waals surface area contributed by atoms with Gasteiger partial charge in [-0.05, 0) is 37.6 Å². The van der Waals surface area contributed by atoms with E-state index < -0.39 is 5.60 Å². The van der Waals surface area contributed by atoms with Gasteiger partial charge in [-0.25, -0.2) is 0 Å². The fraction of sp³-hybridized carbons (Fsp3) is 0.455. The third-order valence-corrected chi connectivity index (χ3v) is 2.97. The molecule has 2 N–H and O–H groups in total. The summed E-state index contributed by atoms with van der Waals surface area (Å²) in [5.74, 6) is 0.121. The van der Waals surface area contributed by atoms with Crippen molar-refractivity contribution in [3.8, 4) is 0 Å². The van der Waals surface area contributed by atoms with Crippen LogP contribution in [0.1, 0.15) is 25.3 Å². The van der Waals surface area contributed by atoms with Crippen LogP contribution in [0.15, 0.2) is 18.2 Å². The minimum absolute atomic E-state index is 0.121. The summed E-state index contributed by atoms with van der Waals surface area (Å²) in [6.07, 6.45) is 0. The number of fused-ring (bicyclic) bond motifs is 1. The van der Waals surface area contributed by atoms with Gasteiger partial charge in [-0.15, -0.1) is 0 Å². The molecule has 1 aliphatic rings. The van der Waals surface area contributed by atoms with Crippen LogP contribution in [0, 0.1) is 0 Å². The highest BCUT2D eigenvalue weighted by Crippen LogP contribution is 2.39. The van der Waals surface area contributed by atoms with E-state index in [-0.39, 0.29) is 5.92 Å². The van der Waals surface area contributed by atoms with Crippen LogP contribution in [0.2, 0.25) is 5.02 Å². The number of nitrogens with one attached hydrogen (secondary N) is 1. The molecule has 1 heterocycles. The van der Waals surface area contributed by atoms with E-state index in [0.29, 0.717) is 0 Å². The normalized spacial score (nSPS) is 20.4. The summed E-state index contributed by atoms with van der Waals surface area (Å²) in [5.41, 5.74) is 1.50. The maximum Gasteiger partial charge on any atom is 0.0677 e. The van der Waals surface area contributed by atoms with Gasteiger partial charge >= 0.3 is 0 Å². The molecule has 0 amide bonds. The van der Waals surface area contributed by atoms with Gasteiger partial charge < -0.3 is 10.4 Å². The molecule has 1 atom stereocenters. The number of halogens is 1. The Morgan fingerprint density at radius 3 is 2.86 bits per heavy atom. The summed E-state index contributed by atoms with van der Waals surface area (Å²) >= 11 is 5.93. The van der Waals surface area contributed by atoms with Crippen LogP contribution >= 0.6 is 11.6 Å². The Labute approximate surface area is 88.9 Å². The predicted molar refractivity (Wildman–Crippen MR) is 59.0 cm³/mol. The number of aliphatic hydroxyl groups is 1. The average molecular weight is 212 g/mol. The fourth-order valence-corrected chi connectivity index (χ4v) is 2.12. The van der Waals surface area contributed by atoms with Crippen molar-refractivity contribution >= 4 is 17.3 Å². The van der Waals surface area contributed by atoms with Crippen LogP contribution in [0.5, 0.6) is 0 Å². The number of anilines is 1. The smallest absolute Gasteiger partial charge is 0.0677 e. The van der Waals surface area contributed by atoms with Crippen molar-refractivity contribution in [2.45, 2.75) is 25.4 Å². The molecule has 76 valence electrons. The molecular formula is C11H14ClNO. The SMILES string of the molecule is CC(C)(O)C1CNc2ccc(Cl)cc21. The third-order valence-electron chi connectivity index (χ3n) is 2.74. The summed E-state index contributed by atoms with van der Waals surface area (Å²) in [4.78, 5) is 0. The quantitative estimate of drug-likeness (QED) is 0.749. The highest BCUT2D eigenvalue weighted by molar-refractivity contribution is 6.30. The molecule has 14 heavy (non-hydrogen) atoms. The molecule has 0 fully saturated rings. The minimum atomic E-state index is -0.705. The zero-order valence-corrected chi connectivity index (χ0v) is 9.10. The van der Waals surface area contributed by atoms with E-state index in [4.69, 9.17) is 11.6 Å². The second kappa shape index (κ2) is 3.14. The van der Waals surface area contributed by atoms with Gasteiger partial charge in [0.25, 0.3) is 0 Å². The van der Waals surface area contributed by atoms with E-state index in [1.54, 1.807) is 0 Å². The first-order valence-electron chi connectivity index (χ1n) is 4.74. The van der Waals surface area contributed by atoms with E-state index in [1.165, 1.54) is 0 Å². The van der Waals surface area contributed by atoms with Gasteiger partial charge in [0.2, 0.25) is 0 Å². The first kappa shape index (κ1) is 9.81. The monoisotopic (exact) mass is 211 g/mol. The lowest BCUT2D eigenvalue weighted by atomic mass is 9.86. The van der Waals surface area contributed by atoms with E-state index in [0.717, 1.165) is 22.8 Å². The van der Waals surface area contributed by atoms with Crippen LogP contribution in [-0.4, -0.2) is 17.3 Å². The van der Waals surface area contributed by atoms with Gasteiger partial charge in [-0.3, -0.25) is 0 Å². The zero-order chi connectivity index (χ0) is 10.3. The van der Waals surface area contributed by atoms with Crippen molar-refractivity contribution in [3.05, 3.63) is 28.8 Å². The Balaban J connectivity index is 2.43. The van der Waals surface area contributed by atoms with Crippen LogP contribution in [-0.2, 0) is 0 Å². The standard InChI is InChI=1S/C11H14ClNO/c1-11(2,14)9-6-13-10-4-3-7(12)5-8(9)10/h3-5,9,13-14H,6H2,1-2H3. The summed E-state index contributed by atoms with van der Waals surface area (Å²) in [7, 11) is 0. The van der Waals surface area contributed by atoms with Crippen LogP contribution in [0.3, 0.4) is 0 Å². The Morgan fingerprint density at radius 2 is 2.21 bits per heavy atom. The molecule has 3 heteroatoms. The third kappa shape index (κ3) is 1.60. The average Bonchev–Trinajstić information content (AvgIpc) is 2.45. The van der Waals surface area contributed by atoms with E-state index in [9.17, 15) is 5.11 Å². The number of hydrogen-bond donors (Lipinski definition) is 2. The van der Waals surface area contributed by atoms with Gasteiger partial charge in [-0.1, -0.05) is 11.6 Å².